The van der Waals surface area contributed by atoms with Crippen molar-refractivity contribution in [1.82, 2.24) is 0 Å². The molecule has 0 fully saturated rings. The van der Waals surface area contributed by atoms with Crippen molar-refractivity contribution in [1.29, 1.82) is 0 Å². The summed E-state index contributed by atoms with van der Waals surface area (Å²) in [6, 6.07) is 4.27. The molecule has 0 amide bonds. The molecule has 0 aliphatic carbocycles. The number of aliphatic hydroxyl groups is 1. The van der Waals surface area contributed by atoms with Crippen molar-refractivity contribution in [2.45, 2.75) is 11.3 Å². The van der Waals surface area contributed by atoms with Crippen LogP contribution in [-0.2, 0) is 16.5 Å². The minimum atomic E-state index is -4.28. The number of para-hydroxylation sites is 1. The molecule has 6 heteroatoms. The molecule has 1 aromatic carbocycles. The lowest BCUT2D eigenvalue weighted by Crippen LogP contribution is -2.06. The molecule has 1 aromatic rings. The number of benzene rings is 1. The van der Waals surface area contributed by atoms with Gasteiger partial charge in [0.25, 0.3) is 10.1 Å². The smallest absolute Gasteiger partial charge is 0.296 e. The van der Waals surface area contributed by atoms with Crippen LogP contribution in [0.15, 0.2) is 23.1 Å². The zero-order valence-corrected chi connectivity index (χ0v) is 8.16. The molecule has 0 heterocycles. The van der Waals surface area contributed by atoms with Gasteiger partial charge < -0.3 is 10.8 Å². The summed E-state index contributed by atoms with van der Waals surface area (Å²) < 4.78 is 30.4. The predicted molar refractivity (Wildman–Crippen MR) is 51.5 cm³/mol. The molecule has 0 aliphatic rings. The summed E-state index contributed by atoms with van der Waals surface area (Å²) in [5.41, 5.74) is 6.00. The van der Waals surface area contributed by atoms with Gasteiger partial charge in [-0.3, -0.25) is 4.55 Å². The third kappa shape index (κ3) is 2.22. The molecule has 0 radical (unpaired) electrons. The monoisotopic (exact) mass is 217 g/mol. The maximum Gasteiger partial charge on any atom is 0.296 e. The zero-order chi connectivity index (χ0) is 10.8. The largest absolute Gasteiger partial charge is 0.397 e. The minimum absolute atomic E-state index is 0.0101. The Balaban J connectivity index is 3.28. The van der Waals surface area contributed by atoms with E-state index in [4.69, 9.17) is 15.4 Å². The Bertz CT molecular complexity index is 427. The highest BCUT2D eigenvalue weighted by Crippen LogP contribution is 2.22. The maximum atomic E-state index is 10.8. The van der Waals surface area contributed by atoms with Crippen LogP contribution in [0.1, 0.15) is 5.56 Å². The van der Waals surface area contributed by atoms with Crippen LogP contribution in [0.3, 0.4) is 0 Å². The highest BCUT2D eigenvalue weighted by molar-refractivity contribution is 7.86. The lowest BCUT2D eigenvalue weighted by molar-refractivity contribution is 0.299. The number of anilines is 1. The standard InChI is InChI=1S/C8H11NO4S/c9-8-6(4-5-10)2-1-3-7(8)14(11,12)13/h1-3,10H,4-5,9H2,(H,11,12,13). The molecule has 0 aliphatic heterocycles. The Morgan fingerprint density at radius 3 is 2.50 bits per heavy atom. The summed E-state index contributed by atoms with van der Waals surface area (Å²) in [6.45, 7) is -0.126. The summed E-state index contributed by atoms with van der Waals surface area (Å²) in [5.74, 6) is 0. The van der Waals surface area contributed by atoms with Crippen molar-refractivity contribution < 1.29 is 18.1 Å². The van der Waals surface area contributed by atoms with Crippen molar-refractivity contribution in [2.75, 3.05) is 12.3 Å². The molecule has 0 saturated heterocycles. The van der Waals surface area contributed by atoms with Crippen molar-refractivity contribution in [2.24, 2.45) is 0 Å². The van der Waals surface area contributed by atoms with Crippen molar-refractivity contribution in [3.05, 3.63) is 23.8 Å². The van der Waals surface area contributed by atoms with Crippen molar-refractivity contribution in [3.8, 4) is 0 Å². The van der Waals surface area contributed by atoms with E-state index in [0.29, 0.717) is 5.56 Å². The number of hydrogen-bond donors (Lipinski definition) is 3. The fourth-order valence-corrected chi connectivity index (χ4v) is 1.81. The van der Waals surface area contributed by atoms with Gasteiger partial charge in [-0.1, -0.05) is 12.1 Å². The lowest BCUT2D eigenvalue weighted by atomic mass is 10.1. The Kier molecular flexibility index (Phi) is 3.10. The predicted octanol–water partition coefficient (Wildman–Crippen LogP) is 0.0503. The molecular formula is C8H11NO4S. The first kappa shape index (κ1) is 11.0. The van der Waals surface area contributed by atoms with Crippen LogP contribution < -0.4 is 5.73 Å². The summed E-state index contributed by atoms with van der Waals surface area (Å²) in [5, 5.41) is 8.67. The van der Waals surface area contributed by atoms with Gasteiger partial charge in [0.2, 0.25) is 0 Å². The molecule has 0 unspecified atom stereocenters. The van der Waals surface area contributed by atoms with E-state index in [1.807, 2.05) is 0 Å². The quantitative estimate of drug-likeness (QED) is 0.490. The van der Waals surface area contributed by atoms with Crippen LogP contribution in [0.2, 0.25) is 0 Å². The van der Waals surface area contributed by atoms with Gasteiger partial charge in [0.15, 0.2) is 0 Å². The normalized spacial score (nSPS) is 11.6. The fraction of sp³-hybridized carbons (Fsp3) is 0.250. The molecule has 0 bridgehead atoms. The van der Waals surface area contributed by atoms with Gasteiger partial charge >= 0.3 is 0 Å². The van der Waals surface area contributed by atoms with Crippen molar-refractivity contribution >= 4 is 15.8 Å². The van der Waals surface area contributed by atoms with E-state index in [0.717, 1.165) is 0 Å². The van der Waals surface area contributed by atoms with Crippen LogP contribution in [0, 0.1) is 0 Å². The van der Waals surface area contributed by atoms with Crippen LogP contribution in [0.25, 0.3) is 0 Å². The first-order valence-corrected chi connectivity index (χ1v) is 5.36. The van der Waals surface area contributed by atoms with Gasteiger partial charge in [-0.15, -0.1) is 0 Å². The first-order chi connectivity index (χ1) is 6.46. The third-order valence-electron chi connectivity index (χ3n) is 1.82. The fourth-order valence-electron chi connectivity index (χ4n) is 1.15. The lowest BCUT2D eigenvalue weighted by Gasteiger charge is -2.07. The van der Waals surface area contributed by atoms with E-state index in [2.05, 4.69) is 0 Å². The molecule has 14 heavy (non-hydrogen) atoms. The Hall–Kier alpha value is -1.11. The molecular weight excluding hydrogens is 206 g/mol. The van der Waals surface area contributed by atoms with Gasteiger partial charge in [0.1, 0.15) is 4.90 Å². The van der Waals surface area contributed by atoms with Crippen LogP contribution in [0.4, 0.5) is 5.69 Å². The zero-order valence-electron chi connectivity index (χ0n) is 7.34. The number of nitrogens with two attached hydrogens (primary N) is 1. The highest BCUT2D eigenvalue weighted by atomic mass is 32.2. The average molecular weight is 217 g/mol. The molecule has 4 N–H and O–H groups in total. The average Bonchev–Trinajstić information content (AvgIpc) is 2.07. The van der Waals surface area contributed by atoms with E-state index >= 15 is 0 Å². The molecule has 0 atom stereocenters. The number of aliphatic hydroxyl groups excluding tert-OH is 1. The summed E-state index contributed by atoms with van der Waals surface area (Å²) in [6.07, 6.45) is 0.259. The maximum absolute atomic E-state index is 10.8. The SMILES string of the molecule is Nc1c(CCO)cccc1S(=O)(=O)O. The Labute approximate surface area is 81.9 Å². The second-order valence-electron chi connectivity index (χ2n) is 2.78. The minimum Gasteiger partial charge on any atom is -0.397 e. The molecule has 1 rings (SSSR count). The second kappa shape index (κ2) is 3.95. The molecule has 5 nitrogen and oxygen atoms in total. The molecule has 78 valence electrons. The van der Waals surface area contributed by atoms with E-state index in [1.54, 1.807) is 6.07 Å². The Morgan fingerprint density at radius 2 is 2.00 bits per heavy atom. The first-order valence-electron chi connectivity index (χ1n) is 3.92. The van der Waals surface area contributed by atoms with Gasteiger partial charge in [-0.2, -0.15) is 8.42 Å². The number of rotatable bonds is 3. The van der Waals surface area contributed by atoms with Gasteiger partial charge in [-0.05, 0) is 18.1 Å². The number of nitrogen functional groups attached to an aromatic ring is 1. The van der Waals surface area contributed by atoms with Crippen LogP contribution in [0.5, 0.6) is 0 Å². The number of hydrogen-bond acceptors (Lipinski definition) is 4. The van der Waals surface area contributed by atoms with Crippen LogP contribution in [-0.4, -0.2) is 24.7 Å². The van der Waals surface area contributed by atoms with Crippen molar-refractivity contribution in [3.63, 3.8) is 0 Å². The van der Waals surface area contributed by atoms with E-state index < -0.39 is 10.1 Å². The van der Waals surface area contributed by atoms with E-state index in [9.17, 15) is 8.42 Å². The summed E-state index contributed by atoms with van der Waals surface area (Å²) in [7, 11) is -4.28. The van der Waals surface area contributed by atoms with Crippen LogP contribution >= 0.6 is 0 Å². The molecule has 0 spiro atoms. The topological polar surface area (TPSA) is 101 Å². The molecule has 0 saturated carbocycles. The molecule has 0 aromatic heterocycles. The third-order valence-corrected chi connectivity index (χ3v) is 2.73. The highest BCUT2D eigenvalue weighted by Gasteiger charge is 2.15. The summed E-state index contributed by atoms with van der Waals surface area (Å²) >= 11 is 0. The van der Waals surface area contributed by atoms with Gasteiger partial charge in [0.05, 0.1) is 5.69 Å². The van der Waals surface area contributed by atoms with E-state index in [-0.39, 0.29) is 23.6 Å². The van der Waals surface area contributed by atoms with Gasteiger partial charge in [-0.25, -0.2) is 0 Å². The van der Waals surface area contributed by atoms with E-state index in [1.165, 1.54) is 12.1 Å². The Morgan fingerprint density at radius 1 is 1.36 bits per heavy atom. The summed E-state index contributed by atoms with van der Waals surface area (Å²) in [4.78, 5) is -0.316. The second-order valence-corrected chi connectivity index (χ2v) is 4.17. The van der Waals surface area contributed by atoms with Gasteiger partial charge in [0, 0.05) is 6.61 Å².